The van der Waals surface area contributed by atoms with Crippen LogP contribution < -0.4 is 5.32 Å². The number of rotatable bonds is 8. The van der Waals surface area contributed by atoms with Crippen LogP contribution in [0.4, 0.5) is 0 Å². The standard InChI is InChI=1S/C15H25ClN2O2S/c1-5-12(4)18(7-3)21(19,20)14-9-8-13(11-17-6-2)15(16)10-14/h8-10,12,17H,5-7,11H2,1-4H3. The fourth-order valence-electron chi connectivity index (χ4n) is 2.15. The van der Waals surface area contributed by atoms with Crippen LogP contribution in [0.2, 0.25) is 5.02 Å². The van der Waals surface area contributed by atoms with Crippen molar-refractivity contribution in [3.8, 4) is 0 Å². The van der Waals surface area contributed by atoms with Crippen LogP contribution in [0.25, 0.3) is 0 Å². The van der Waals surface area contributed by atoms with E-state index in [0.29, 0.717) is 18.1 Å². The summed E-state index contributed by atoms with van der Waals surface area (Å²) in [6, 6.07) is 4.94. The van der Waals surface area contributed by atoms with Gasteiger partial charge in [-0.1, -0.05) is 38.4 Å². The summed E-state index contributed by atoms with van der Waals surface area (Å²) in [6.07, 6.45) is 0.777. The van der Waals surface area contributed by atoms with Crippen LogP contribution in [0.1, 0.15) is 39.7 Å². The molecule has 0 aliphatic rings. The summed E-state index contributed by atoms with van der Waals surface area (Å²) in [5.41, 5.74) is 0.907. The molecular weight excluding hydrogens is 308 g/mol. The number of halogens is 1. The van der Waals surface area contributed by atoms with Gasteiger partial charge in [-0.3, -0.25) is 0 Å². The van der Waals surface area contributed by atoms with Crippen molar-refractivity contribution in [2.45, 2.75) is 51.6 Å². The number of hydrogen-bond acceptors (Lipinski definition) is 3. The van der Waals surface area contributed by atoms with Crippen molar-refractivity contribution in [2.24, 2.45) is 0 Å². The van der Waals surface area contributed by atoms with E-state index in [1.165, 1.54) is 4.31 Å². The third-order valence-corrected chi connectivity index (χ3v) is 6.03. The molecule has 0 bridgehead atoms. The molecule has 4 nitrogen and oxygen atoms in total. The van der Waals surface area contributed by atoms with Gasteiger partial charge in [0.15, 0.2) is 0 Å². The van der Waals surface area contributed by atoms with Crippen LogP contribution in [0, 0.1) is 0 Å². The van der Waals surface area contributed by atoms with Crippen molar-refractivity contribution in [1.29, 1.82) is 0 Å². The van der Waals surface area contributed by atoms with Crippen molar-refractivity contribution in [3.63, 3.8) is 0 Å². The Morgan fingerprint density at radius 2 is 1.95 bits per heavy atom. The van der Waals surface area contributed by atoms with Gasteiger partial charge in [-0.25, -0.2) is 8.42 Å². The van der Waals surface area contributed by atoms with E-state index in [1.54, 1.807) is 18.2 Å². The van der Waals surface area contributed by atoms with Gasteiger partial charge in [-0.15, -0.1) is 0 Å². The molecule has 1 aromatic carbocycles. The van der Waals surface area contributed by atoms with Gasteiger partial charge >= 0.3 is 0 Å². The highest BCUT2D eigenvalue weighted by atomic mass is 35.5. The van der Waals surface area contributed by atoms with E-state index < -0.39 is 10.0 Å². The van der Waals surface area contributed by atoms with Gasteiger partial charge in [0.1, 0.15) is 0 Å². The molecule has 0 aliphatic heterocycles. The number of sulfonamides is 1. The van der Waals surface area contributed by atoms with Crippen LogP contribution in [-0.4, -0.2) is 31.9 Å². The summed E-state index contributed by atoms with van der Waals surface area (Å²) >= 11 is 6.21. The maximum atomic E-state index is 12.7. The normalized spacial score (nSPS) is 13.6. The van der Waals surface area contributed by atoms with Crippen molar-refractivity contribution >= 4 is 21.6 Å². The Morgan fingerprint density at radius 3 is 2.43 bits per heavy atom. The van der Waals surface area contributed by atoms with Crippen molar-refractivity contribution in [2.75, 3.05) is 13.1 Å². The maximum absolute atomic E-state index is 12.7. The molecule has 120 valence electrons. The summed E-state index contributed by atoms with van der Waals surface area (Å²) in [5.74, 6) is 0. The molecule has 0 aliphatic carbocycles. The molecule has 21 heavy (non-hydrogen) atoms. The van der Waals surface area contributed by atoms with E-state index >= 15 is 0 Å². The lowest BCUT2D eigenvalue weighted by atomic mass is 10.2. The summed E-state index contributed by atoms with van der Waals surface area (Å²) in [5, 5.41) is 3.66. The summed E-state index contributed by atoms with van der Waals surface area (Å²) in [4.78, 5) is 0.259. The first kappa shape index (κ1) is 18.4. The largest absolute Gasteiger partial charge is 0.313 e. The Balaban J connectivity index is 3.11. The number of benzene rings is 1. The molecule has 0 amide bonds. The van der Waals surface area contributed by atoms with Crippen LogP contribution >= 0.6 is 11.6 Å². The molecule has 1 N–H and O–H groups in total. The van der Waals surface area contributed by atoms with Gasteiger partial charge in [0, 0.05) is 24.2 Å². The van der Waals surface area contributed by atoms with Crippen molar-refractivity contribution in [3.05, 3.63) is 28.8 Å². The molecule has 0 aromatic heterocycles. The molecule has 0 fully saturated rings. The molecule has 0 saturated carbocycles. The smallest absolute Gasteiger partial charge is 0.243 e. The number of nitrogens with zero attached hydrogens (tertiary/aromatic N) is 1. The SMILES string of the molecule is CCNCc1ccc(S(=O)(=O)N(CC)C(C)CC)cc1Cl. The molecule has 6 heteroatoms. The zero-order valence-electron chi connectivity index (χ0n) is 13.2. The topological polar surface area (TPSA) is 49.4 Å². The fraction of sp³-hybridized carbons (Fsp3) is 0.600. The molecule has 1 atom stereocenters. The second kappa shape index (κ2) is 8.13. The lowest BCUT2D eigenvalue weighted by Crippen LogP contribution is -2.38. The highest BCUT2D eigenvalue weighted by Crippen LogP contribution is 2.25. The Bertz CT molecular complexity index is 561. The van der Waals surface area contributed by atoms with Gasteiger partial charge < -0.3 is 5.32 Å². The molecular formula is C15H25ClN2O2S. The third kappa shape index (κ3) is 4.42. The van der Waals surface area contributed by atoms with Gasteiger partial charge in [0.25, 0.3) is 0 Å². The zero-order valence-corrected chi connectivity index (χ0v) is 14.8. The molecule has 0 saturated heterocycles. The fourth-order valence-corrected chi connectivity index (χ4v) is 4.20. The van der Waals surface area contributed by atoms with Gasteiger partial charge in [-0.2, -0.15) is 4.31 Å². The maximum Gasteiger partial charge on any atom is 0.243 e. The first-order valence-electron chi connectivity index (χ1n) is 7.39. The zero-order chi connectivity index (χ0) is 16.0. The lowest BCUT2D eigenvalue weighted by molar-refractivity contribution is 0.342. The number of nitrogens with one attached hydrogen (secondary N) is 1. The van der Waals surface area contributed by atoms with Gasteiger partial charge in [0.05, 0.1) is 4.90 Å². The monoisotopic (exact) mass is 332 g/mol. The first-order chi connectivity index (χ1) is 9.88. The summed E-state index contributed by atoms with van der Waals surface area (Å²) in [7, 11) is -3.49. The van der Waals surface area contributed by atoms with Gasteiger partial charge in [0.2, 0.25) is 10.0 Å². The molecule has 0 radical (unpaired) electrons. The molecule has 1 rings (SSSR count). The predicted octanol–water partition coefficient (Wildman–Crippen LogP) is 3.26. The Kier molecular flexibility index (Phi) is 7.13. The minimum absolute atomic E-state index is 0.0276. The second-order valence-corrected chi connectivity index (χ2v) is 7.30. The van der Waals surface area contributed by atoms with E-state index in [0.717, 1.165) is 18.5 Å². The Labute approximate surface area is 133 Å². The van der Waals surface area contributed by atoms with E-state index in [2.05, 4.69) is 5.32 Å². The Hall–Kier alpha value is -0.620. The minimum Gasteiger partial charge on any atom is -0.313 e. The highest BCUT2D eigenvalue weighted by Gasteiger charge is 2.27. The van der Waals surface area contributed by atoms with Crippen molar-refractivity contribution in [1.82, 2.24) is 9.62 Å². The van der Waals surface area contributed by atoms with E-state index in [4.69, 9.17) is 11.6 Å². The van der Waals surface area contributed by atoms with Crippen LogP contribution in [0.3, 0.4) is 0 Å². The van der Waals surface area contributed by atoms with E-state index in [1.807, 2.05) is 27.7 Å². The number of hydrogen-bond donors (Lipinski definition) is 1. The Morgan fingerprint density at radius 1 is 1.29 bits per heavy atom. The molecule has 0 heterocycles. The summed E-state index contributed by atoms with van der Waals surface area (Å²) in [6.45, 7) is 9.70. The van der Waals surface area contributed by atoms with E-state index in [9.17, 15) is 8.42 Å². The molecule has 1 aromatic rings. The average molecular weight is 333 g/mol. The van der Waals surface area contributed by atoms with E-state index in [-0.39, 0.29) is 10.9 Å². The summed E-state index contributed by atoms with van der Waals surface area (Å²) < 4.78 is 26.9. The first-order valence-corrected chi connectivity index (χ1v) is 9.21. The van der Waals surface area contributed by atoms with Crippen LogP contribution in [-0.2, 0) is 16.6 Å². The predicted molar refractivity (Wildman–Crippen MR) is 88.2 cm³/mol. The quantitative estimate of drug-likeness (QED) is 0.795. The molecule has 1 unspecified atom stereocenters. The molecule has 0 spiro atoms. The van der Waals surface area contributed by atoms with Crippen LogP contribution in [0.15, 0.2) is 23.1 Å². The lowest BCUT2D eigenvalue weighted by Gasteiger charge is -2.26. The van der Waals surface area contributed by atoms with Crippen molar-refractivity contribution < 1.29 is 8.42 Å². The average Bonchev–Trinajstić information content (AvgIpc) is 2.46. The third-order valence-electron chi connectivity index (χ3n) is 3.59. The second-order valence-electron chi connectivity index (χ2n) is 5.00. The highest BCUT2D eigenvalue weighted by molar-refractivity contribution is 7.89. The van der Waals surface area contributed by atoms with Gasteiger partial charge in [-0.05, 0) is 37.6 Å². The minimum atomic E-state index is -3.49. The van der Waals surface area contributed by atoms with Crippen LogP contribution in [0.5, 0.6) is 0 Å².